The molecule has 138 valence electrons. The van der Waals surface area contributed by atoms with Crippen LogP contribution in [0.2, 0.25) is 0 Å². The standard InChI is InChI=1S/C21H20FN3OS/c1-14-2-5-16(6-3-14)24-20-17-12-15(22)4-7-19(17)23-13-18(20)21(26)25-8-10-27-11-9-25/h2-7,12-13H,8-11H2,1H3,(H,23,24). The highest BCUT2D eigenvalue weighted by Gasteiger charge is 2.23. The quantitative estimate of drug-likeness (QED) is 0.719. The number of carbonyl (C=O) groups excluding carboxylic acids is 1. The van der Waals surface area contributed by atoms with Crippen LogP contribution in [0, 0.1) is 12.7 Å². The number of nitrogens with zero attached hydrogens (tertiary/aromatic N) is 2. The summed E-state index contributed by atoms with van der Waals surface area (Å²) in [5, 5.41) is 3.94. The Morgan fingerprint density at radius 2 is 1.89 bits per heavy atom. The molecule has 1 fully saturated rings. The molecule has 3 aromatic rings. The monoisotopic (exact) mass is 381 g/mol. The molecule has 1 amide bonds. The maximum atomic E-state index is 13.9. The lowest BCUT2D eigenvalue weighted by molar-refractivity contribution is 0.0773. The topological polar surface area (TPSA) is 45.2 Å². The number of amides is 1. The molecule has 1 N–H and O–H groups in total. The van der Waals surface area contributed by atoms with Gasteiger partial charge in [-0.3, -0.25) is 9.78 Å². The van der Waals surface area contributed by atoms with Crippen molar-refractivity contribution in [3.05, 3.63) is 65.6 Å². The largest absolute Gasteiger partial charge is 0.354 e. The molecule has 6 heteroatoms. The Hall–Kier alpha value is -2.60. The summed E-state index contributed by atoms with van der Waals surface area (Å²) in [6.45, 7) is 3.45. The highest BCUT2D eigenvalue weighted by atomic mass is 32.2. The molecule has 0 spiro atoms. The van der Waals surface area contributed by atoms with Gasteiger partial charge in [0, 0.05) is 41.9 Å². The van der Waals surface area contributed by atoms with Crippen LogP contribution in [0.15, 0.2) is 48.7 Å². The first-order valence-corrected chi connectivity index (χ1v) is 10.1. The van der Waals surface area contributed by atoms with Gasteiger partial charge >= 0.3 is 0 Å². The summed E-state index contributed by atoms with van der Waals surface area (Å²) >= 11 is 1.85. The van der Waals surface area contributed by atoms with E-state index in [0.717, 1.165) is 22.8 Å². The second kappa shape index (κ2) is 7.56. The number of thioether (sulfide) groups is 1. The van der Waals surface area contributed by atoms with E-state index in [0.29, 0.717) is 35.2 Å². The van der Waals surface area contributed by atoms with Gasteiger partial charge in [-0.25, -0.2) is 4.39 Å². The molecule has 4 rings (SSSR count). The summed E-state index contributed by atoms with van der Waals surface area (Å²) < 4.78 is 13.9. The van der Waals surface area contributed by atoms with Crippen molar-refractivity contribution in [1.29, 1.82) is 0 Å². The molecule has 1 aliphatic rings. The Labute approximate surface area is 161 Å². The minimum Gasteiger partial charge on any atom is -0.354 e. The van der Waals surface area contributed by atoms with Gasteiger partial charge in [0.25, 0.3) is 5.91 Å². The van der Waals surface area contributed by atoms with E-state index in [9.17, 15) is 9.18 Å². The first kappa shape index (κ1) is 17.8. The Morgan fingerprint density at radius 3 is 2.63 bits per heavy atom. The molecule has 27 heavy (non-hydrogen) atoms. The smallest absolute Gasteiger partial charge is 0.257 e. The summed E-state index contributed by atoms with van der Waals surface area (Å²) in [7, 11) is 0. The maximum absolute atomic E-state index is 13.9. The molecular formula is C21H20FN3OS. The minimum absolute atomic E-state index is 0.0661. The minimum atomic E-state index is -0.352. The van der Waals surface area contributed by atoms with Gasteiger partial charge in [-0.05, 0) is 37.3 Å². The molecule has 2 heterocycles. The number of halogens is 1. The molecule has 0 radical (unpaired) electrons. The van der Waals surface area contributed by atoms with E-state index in [-0.39, 0.29) is 11.7 Å². The van der Waals surface area contributed by atoms with Crippen LogP contribution in [0.5, 0.6) is 0 Å². The zero-order valence-electron chi connectivity index (χ0n) is 15.0. The van der Waals surface area contributed by atoms with Crippen molar-refractivity contribution in [1.82, 2.24) is 9.88 Å². The maximum Gasteiger partial charge on any atom is 0.257 e. The number of hydrogen-bond donors (Lipinski definition) is 1. The van der Waals surface area contributed by atoms with Crippen LogP contribution in [-0.4, -0.2) is 40.4 Å². The summed E-state index contributed by atoms with van der Waals surface area (Å²) in [6.07, 6.45) is 1.60. The van der Waals surface area contributed by atoms with E-state index < -0.39 is 0 Å². The Kier molecular flexibility index (Phi) is 4.99. The molecule has 1 aliphatic heterocycles. The van der Waals surface area contributed by atoms with E-state index in [2.05, 4.69) is 10.3 Å². The van der Waals surface area contributed by atoms with Gasteiger partial charge < -0.3 is 10.2 Å². The number of carbonyl (C=O) groups is 1. The van der Waals surface area contributed by atoms with Crippen LogP contribution in [-0.2, 0) is 0 Å². The number of fused-ring (bicyclic) bond motifs is 1. The van der Waals surface area contributed by atoms with Crippen molar-refractivity contribution < 1.29 is 9.18 Å². The predicted octanol–water partition coefficient (Wildman–Crippen LogP) is 4.61. The van der Waals surface area contributed by atoms with E-state index in [1.165, 1.54) is 12.1 Å². The number of aromatic nitrogens is 1. The number of anilines is 2. The molecule has 2 aromatic carbocycles. The number of aryl methyl sites for hydroxylation is 1. The summed E-state index contributed by atoms with van der Waals surface area (Å²) in [4.78, 5) is 19.4. The van der Waals surface area contributed by atoms with Gasteiger partial charge in [-0.2, -0.15) is 11.8 Å². The third kappa shape index (κ3) is 3.76. The van der Waals surface area contributed by atoms with Crippen molar-refractivity contribution in [3.8, 4) is 0 Å². The van der Waals surface area contributed by atoms with Crippen molar-refractivity contribution >= 4 is 39.9 Å². The summed E-state index contributed by atoms with van der Waals surface area (Å²) in [6, 6.07) is 12.3. The van der Waals surface area contributed by atoms with E-state index in [4.69, 9.17) is 0 Å². The van der Waals surface area contributed by atoms with Gasteiger partial charge in [0.15, 0.2) is 0 Å². The SMILES string of the molecule is Cc1ccc(Nc2c(C(=O)N3CCSCC3)cnc3ccc(F)cc23)cc1. The normalized spacial score (nSPS) is 14.4. The molecular weight excluding hydrogens is 361 g/mol. The van der Waals surface area contributed by atoms with E-state index in [1.807, 2.05) is 47.9 Å². The highest BCUT2D eigenvalue weighted by molar-refractivity contribution is 7.99. The second-order valence-corrected chi connectivity index (χ2v) is 7.83. The summed E-state index contributed by atoms with van der Waals surface area (Å²) in [5.74, 6) is 1.45. The van der Waals surface area contributed by atoms with Crippen LogP contribution >= 0.6 is 11.8 Å². The van der Waals surface area contributed by atoms with Crippen molar-refractivity contribution in [2.24, 2.45) is 0 Å². The fourth-order valence-electron chi connectivity index (χ4n) is 3.18. The Balaban J connectivity index is 1.81. The number of benzene rings is 2. The van der Waals surface area contributed by atoms with Gasteiger partial charge in [-0.15, -0.1) is 0 Å². The van der Waals surface area contributed by atoms with Crippen LogP contribution in [0.3, 0.4) is 0 Å². The zero-order chi connectivity index (χ0) is 18.8. The first-order chi connectivity index (χ1) is 13.1. The fraction of sp³-hybridized carbons (Fsp3) is 0.238. The number of hydrogen-bond acceptors (Lipinski definition) is 4. The number of nitrogens with one attached hydrogen (secondary N) is 1. The average molecular weight is 381 g/mol. The van der Waals surface area contributed by atoms with E-state index in [1.54, 1.807) is 12.3 Å². The first-order valence-electron chi connectivity index (χ1n) is 8.91. The molecule has 0 saturated carbocycles. The average Bonchev–Trinajstić information content (AvgIpc) is 2.70. The number of rotatable bonds is 3. The van der Waals surface area contributed by atoms with Gasteiger partial charge in [0.05, 0.1) is 16.8 Å². The van der Waals surface area contributed by atoms with Crippen LogP contribution in [0.1, 0.15) is 15.9 Å². The molecule has 0 bridgehead atoms. The molecule has 4 nitrogen and oxygen atoms in total. The van der Waals surface area contributed by atoms with Crippen molar-refractivity contribution in [3.63, 3.8) is 0 Å². The number of pyridine rings is 1. The van der Waals surface area contributed by atoms with Crippen LogP contribution < -0.4 is 5.32 Å². The van der Waals surface area contributed by atoms with Crippen molar-refractivity contribution in [2.45, 2.75) is 6.92 Å². The van der Waals surface area contributed by atoms with Crippen LogP contribution in [0.4, 0.5) is 15.8 Å². The molecule has 1 saturated heterocycles. The lowest BCUT2D eigenvalue weighted by Crippen LogP contribution is -2.38. The van der Waals surface area contributed by atoms with Crippen LogP contribution in [0.25, 0.3) is 10.9 Å². The van der Waals surface area contributed by atoms with Gasteiger partial charge in [0.2, 0.25) is 0 Å². The fourth-order valence-corrected chi connectivity index (χ4v) is 4.08. The van der Waals surface area contributed by atoms with Gasteiger partial charge in [0.1, 0.15) is 5.82 Å². The van der Waals surface area contributed by atoms with E-state index >= 15 is 0 Å². The Bertz CT molecular complexity index is 985. The van der Waals surface area contributed by atoms with Gasteiger partial charge in [-0.1, -0.05) is 17.7 Å². The molecule has 0 atom stereocenters. The predicted molar refractivity (Wildman–Crippen MR) is 109 cm³/mol. The zero-order valence-corrected chi connectivity index (χ0v) is 15.9. The lowest BCUT2D eigenvalue weighted by atomic mass is 10.1. The second-order valence-electron chi connectivity index (χ2n) is 6.60. The molecule has 0 aliphatic carbocycles. The summed E-state index contributed by atoms with van der Waals surface area (Å²) in [5.41, 5.74) is 3.72. The third-order valence-corrected chi connectivity index (χ3v) is 5.62. The lowest BCUT2D eigenvalue weighted by Gasteiger charge is -2.27. The van der Waals surface area contributed by atoms with Crippen molar-refractivity contribution in [2.75, 3.05) is 29.9 Å². The molecule has 1 aromatic heterocycles. The Morgan fingerprint density at radius 1 is 1.15 bits per heavy atom. The molecule has 0 unspecified atom stereocenters. The highest BCUT2D eigenvalue weighted by Crippen LogP contribution is 2.31. The third-order valence-electron chi connectivity index (χ3n) is 4.68.